The first-order valence-corrected chi connectivity index (χ1v) is 7.27. The molecule has 7 nitrogen and oxygen atoms in total. The van der Waals surface area contributed by atoms with Gasteiger partial charge in [0.25, 0.3) is 5.91 Å². The van der Waals surface area contributed by atoms with Gasteiger partial charge in [0.2, 0.25) is 10.1 Å². The molecule has 11 heteroatoms. The molecular formula is C14H9F3N4O3S. The van der Waals surface area contributed by atoms with Gasteiger partial charge < -0.3 is 9.84 Å². The van der Waals surface area contributed by atoms with Gasteiger partial charge >= 0.3 is 6.18 Å². The monoisotopic (exact) mass is 370 g/mol. The number of alkyl halides is 3. The number of anilines is 1. The first kappa shape index (κ1) is 18.2. The number of halogens is 3. The molecular weight excluding hydrogens is 361 g/mol. The van der Waals surface area contributed by atoms with E-state index in [9.17, 15) is 23.1 Å². The first-order chi connectivity index (χ1) is 11.7. The maximum absolute atomic E-state index is 12.5. The molecule has 2 aromatic rings. The van der Waals surface area contributed by atoms with Crippen LogP contribution in [-0.2, 0) is 11.0 Å². The van der Waals surface area contributed by atoms with Gasteiger partial charge in [0.15, 0.2) is 11.5 Å². The number of methoxy groups -OCH3 is 1. The van der Waals surface area contributed by atoms with E-state index in [4.69, 9.17) is 10.00 Å². The summed E-state index contributed by atoms with van der Waals surface area (Å²) >= 11 is 0.142. The molecule has 0 spiro atoms. The van der Waals surface area contributed by atoms with Crippen LogP contribution in [0.2, 0.25) is 0 Å². The van der Waals surface area contributed by atoms with Crippen molar-refractivity contribution in [3.8, 4) is 17.6 Å². The van der Waals surface area contributed by atoms with Crippen molar-refractivity contribution in [2.24, 2.45) is 0 Å². The fourth-order valence-corrected chi connectivity index (χ4v) is 2.26. The Labute approximate surface area is 143 Å². The number of nitrogens with zero attached hydrogens (tertiary/aromatic N) is 3. The highest BCUT2D eigenvalue weighted by Gasteiger charge is 2.35. The fourth-order valence-electron chi connectivity index (χ4n) is 1.65. The van der Waals surface area contributed by atoms with Crippen molar-refractivity contribution >= 4 is 28.5 Å². The zero-order valence-corrected chi connectivity index (χ0v) is 13.3. The van der Waals surface area contributed by atoms with Crippen molar-refractivity contribution in [2.45, 2.75) is 6.18 Å². The van der Waals surface area contributed by atoms with Crippen LogP contribution in [0.3, 0.4) is 0 Å². The number of carbonyl (C=O) groups is 1. The average Bonchev–Trinajstić information content (AvgIpc) is 3.02. The summed E-state index contributed by atoms with van der Waals surface area (Å²) in [6.45, 7) is 0. The molecule has 0 fully saturated rings. The van der Waals surface area contributed by atoms with Crippen molar-refractivity contribution in [1.29, 1.82) is 5.26 Å². The second-order valence-corrected chi connectivity index (χ2v) is 5.44. The van der Waals surface area contributed by atoms with E-state index < -0.39 is 17.1 Å². The number of phenols is 1. The Hall–Kier alpha value is -3.13. The summed E-state index contributed by atoms with van der Waals surface area (Å²) < 4.78 is 42.3. The number of nitriles is 1. The molecule has 0 atom stereocenters. The molecule has 2 rings (SSSR count). The normalized spacial score (nSPS) is 11.7. The minimum atomic E-state index is -4.67. The van der Waals surface area contributed by atoms with Crippen LogP contribution in [0.25, 0.3) is 6.08 Å². The molecule has 0 radical (unpaired) electrons. The van der Waals surface area contributed by atoms with Crippen LogP contribution >= 0.6 is 11.3 Å². The second-order valence-electron chi connectivity index (χ2n) is 4.47. The maximum Gasteiger partial charge on any atom is 0.445 e. The number of aromatic nitrogens is 2. The SMILES string of the molecule is COc1cc(/C=C(\C#N)C(=O)Nc2nnc(C(F)(F)F)s2)ccc1O. The Kier molecular flexibility index (Phi) is 5.23. The van der Waals surface area contributed by atoms with E-state index in [1.807, 2.05) is 0 Å². The van der Waals surface area contributed by atoms with E-state index in [2.05, 4.69) is 15.5 Å². The predicted octanol–water partition coefficient (Wildman–Crippen LogP) is 2.82. The highest BCUT2D eigenvalue weighted by atomic mass is 32.1. The second kappa shape index (κ2) is 7.18. The number of phenolic OH excluding ortho intramolecular Hbond substituents is 1. The van der Waals surface area contributed by atoms with Crippen LogP contribution in [0.5, 0.6) is 11.5 Å². The van der Waals surface area contributed by atoms with Crippen molar-refractivity contribution in [2.75, 3.05) is 12.4 Å². The maximum atomic E-state index is 12.5. The number of benzene rings is 1. The standard InChI is InChI=1S/C14H9F3N4O3S/c1-24-10-5-7(2-3-9(10)22)4-8(6-18)11(23)19-13-21-20-12(25-13)14(15,16)17/h2-5,22H,1H3,(H,19,21,23)/b8-4+. The number of hydrogen-bond donors (Lipinski definition) is 2. The molecule has 130 valence electrons. The van der Waals surface area contributed by atoms with Crippen LogP contribution in [0, 0.1) is 11.3 Å². The van der Waals surface area contributed by atoms with Crippen LogP contribution in [0.15, 0.2) is 23.8 Å². The van der Waals surface area contributed by atoms with E-state index in [1.54, 1.807) is 6.07 Å². The molecule has 0 unspecified atom stereocenters. The Morgan fingerprint density at radius 1 is 1.44 bits per heavy atom. The number of carbonyl (C=O) groups excluding carboxylic acids is 1. The highest BCUT2D eigenvalue weighted by Crippen LogP contribution is 2.33. The minimum absolute atomic E-state index is 0.129. The van der Waals surface area contributed by atoms with E-state index >= 15 is 0 Å². The molecule has 1 amide bonds. The lowest BCUT2D eigenvalue weighted by Gasteiger charge is -2.04. The summed E-state index contributed by atoms with van der Waals surface area (Å²) in [5.74, 6) is -0.944. The topological polar surface area (TPSA) is 108 Å². The summed E-state index contributed by atoms with van der Waals surface area (Å²) in [7, 11) is 1.33. The molecule has 0 aliphatic carbocycles. The van der Waals surface area contributed by atoms with Gasteiger partial charge in [-0.05, 0) is 23.8 Å². The predicted molar refractivity (Wildman–Crippen MR) is 81.8 cm³/mol. The summed E-state index contributed by atoms with van der Waals surface area (Å²) in [6, 6.07) is 5.75. The van der Waals surface area contributed by atoms with E-state index in [0.29, 0.717) is 5.56 Å². The van der Waals surface area contributed by atoms with Crippen LogP contribution < -0.4 is 10.1 Å². The number of nitrogens with one attached hydrogen (secondary N) is 1. The largest absolute Gasteiger partial charge is 0.504 e. The number of rotatable bonds is 4. The molecule has 0 aliphatic rings. The molecule has 25 heavy (non-hydrogen) atoms. The third-order valence-corrected chi connectivity index (χ3v) is 3.65. The van der Waals surface area contributed by atoms with E-state index in [1.165, 1.54) is 31.4 Å². The van der Waals surface area contributed by atoms with E-state index in [-0.39, 0.29) is 33.5 Å². The van der Waals surface area contributed by atoms with Gasteiger partial charge in [-0.1, -0.05) is 17.4 Å². The first-order valence-electron chi connectivity index (χ1n) is 6.45. The Morgan fingerprint density at radius 3 is 2.72 bits per heavy atom. The summed E-state index contributed by atoms with van der Waals surface area (Å²) in [5, 5.41) is 25.2. The molecule has 0 bridgehead atoms. The Balaban J connectivity index is 2.21. The molecule has 0 aliphatic heterocycles. The average molecular weight is 370 g/mol. The Morgan fingerprint density at radius 2 is 2.16 bits per heavy atom. The van der Waals surface area contributed by atoms with Crippen LogP contribution in [0.4, 0.5) is 18.3 Å². The molecule has 1 aromatic carbocycles. The van der Waals surface area contributed by atoms with Gasteiger partial charge in [0.05, 0.1) is 7.11 Å². The summed E-state index contributed by atoms with van der Waals surface area (Å²) in [6.07, 6.45) is -3.49. The third-order valence-electron chi connectivity index (χ3n) is 2.77. The lowest BCUT2D eigenvalue weighted by atomic mass is 10.1. The lowest BCUT2D eigenvalue weighted by Crippen LogP contribution is -2.13. The zero-order chi connectivity index (χ0) is 18.6. The molecule has 2 N–H and O–H groups in total. The zero-order valence-electron chi connectivity index (χ0n) is 12.5. The van der Waals surface area contributed by atoms with Gasteiger partial charge in [-0.25, -0.2) is 0 Å². The molecule has 0 saturated heterocycles. The van der Waals surface area contributed by atoms with Gasteiger partial charge in [-0.15, -0.1) is 10.2 Å². The summed E-state index contributed by atoms with van der Waals surface area (Å²) in [4.78, 5) is 12.0. The van der Waals surface area contributed by atoms with Gasteiger partial charge in [0, 0.05) is 0 Å². The van der Waals surface area contributed by atoms with Gasteiger partial charge in [-0.3, -0.25) is 10.1 Å². The smallest absolute Gasteiger partial charge is 0.445 e. The van der Waals surface area contributed by atoms with Crippen molar-refractivity contribution < 1.29 is 27.8 Å². The minimum Gasteiger partial charge on any atom is -0.504 e. The van der Waals surface area contributed by atoms with Crippen LogP contribution in [-0.4, -0.2) is 28.3 Å². The number of ether oxygens (including phenoxy) is 1. The quantitative estimate of drug-likeness (QED) is 0.633. The number of aromatic hydroxyl groups is 1. The van der Waals surface area contributed by atoms with Crippen molar-refractivity contribution in [3.05, 3.63) is 34.3 Å². The fraction of sp³-hybridized carbons (Fsp3) is 0.143. The number of hydrogen-bond acceptors (Lipinski definition) is 7. The van der Waals surface area contributed by atoms with Gasteiger partial charge in [-0.2, -0.15) is 18.4 Å². The van der Waals surface area contributed by atoms with E-state index in [0.717, 1.165) is 0 Å². The van der Waals surface area contributed by atoms with Crippen molar-refractivity contribution in [1.82, 2.24) is 10.2 Å². The van der Waals surface area contributed by atoms with Crippen LogP contribution in [0.1, 0.15) is 10.6 Å². The lowest BCUT2D eigenvalue weighted by molar-refractivity contribution is -0.138. The third kappa shape index (κ3) is 4.45. The van der Waals surface area contributed by atoms with Crippen molar-refractivity contribution in [3.63, 3.8) is 0 Å². The summed E-state index contributed by atoms with van der Waals surface area (Å²) in [5.41, 5.74) is -0.00824. The molecule has 0 saturated carbocycles. The Bertz CT molecular complexity index is 871. The molecule has 1 aromatic heterocycles. The molecule has 1 heterocycles. The van der Waals surface area contributed by atoms with Gasteiger partial charge in [0.1, 0.15) is 11.6 Å². The number of amides is 1. The highest BCUT2D eigenvalue weighted by molar-refractivity contribution is 7.15.